The predicted molar refractivity (Wildman–Crippen MR) is 62.8 cm³/mol. The Labute approximate surface area is 97.6 Å². The quantitative estimate of drug-likeness (QED) is 0.811. The van der Waals surface area contributed by atoms with Gasteiger partial charge in [0.25, 0.3) is 0 Å². The fraction of sp³-hybridized carbons (Fsp3) is 0.0769. The number of ether oxygens (including phenoxy) is 1. The largest absolute Gasteiger partial charge is 0.497 e. The van der Waals surface area contributed by atoms with Crippen molar-refractivity contribution in [1.82, 2.24) is 0 Å². The van der Waals surface area contributed by atoms with Crippen LogP contribution in [-0.4, -0.2) is 7.11 Å². The highest BCUT2D eigenvalue weighted by molar-refractivity contribution is 5.77. The Balaban J connectivity index is 2.53. The zero-order chi connectivity index (χ0) is 12.4. The minimum Gasteiger partial charge on any atom is -0.497 e. The van der Waals surface area contributed by atoms with E-state index in [9.17, 15) is 8.78 Å². The Hall–Kier alpha value is -2.10. The standard InChI is InChI=1S/C13H11F2NO/c1-17-9-3-5-11(13(16)7-9)10-4-2-8(14)6-12(10)15/h2-7H,16H2,1H3. The summed E-state index contributed by atoms with van der Waals surface area (Å²) in [7, 11) is 1.52. The molecule has 0 aliphatic heterocycles. The lowest BCUT2D eigenvalue weighted by atomic mass is 10.0. The zero-order valence-electron chi connectivity index (χ0n) is 9.21. The number of nitrogens with two attached hydrogens (primary N) is 1. The van der Waals surface area contributed by atoms with Crippen LogP contribution in [0.15, 0.2) is 36.4 Å². The number of anilines is 1. The summed E-state index contributed by atoms with van der Waals surface area (Å²) in [5.74, 6) is -0.658. The number of hydrogen-bond donors (Lipinski definition) is 1. The van der Waals surface area contributed by atoms with Gasteiger partial charge in [-0.15, -0.1) is 0 Å². The van der Waals surface area contributed by atoms with E-state index in [1.54, 1.807) is 18.2 Å². The van der Waals surface area contributed by atoms with Crippen molar-refractivity contribution in [3.63, 3.8) is 0 Å². The van der Waals surface area contributed by atoms with E-state index in [1.807, 2.05) is 0 Å². The fourth-order valence-electron chi connectivity index (χ4n) is 1.62. The van der Waals surface area contributed by atoms with Gasteiger partial charge in [0.05, 0.1) is 7.11 Å². The number of methoxy groups -OCH3 is 1. The Morgan fingerprint density at radius 2 is 1.71 bits per heavy atom. The summed E-state index contributed by atoms with van der Waals surface area (Å²) in [5, 5.41) is 0. The van der Waals surface area contributed by atoms with Gasteiger partial charge < -0.3 is 10.5 Å². The summed E-state index contributed by atoms with van der Waals surface area (Å²) in [6.45, 7) is 0. The van der Waals surface area contributed by atoms with Gasteiger partial charge in [0.2, 0.25) is 0 Å². The van der Waals surface area contributed by atoms with Crippen molar-refractivity contribution in [1.29, 1.82) is 0 Å². The molecule has 0 aromatic heterocycles. The smallest absolute Gasteiger partial charge is 0.134 e. The molecule has 2 rings (SSSR count). The topological polar surface area (TPSA) is 35.2 Å². The average Bonchev–Trinajstić information content (AvgIpc) is 2.30. The van der Waals surface area contributed by atoms with E-state index in [1.165, 1.54) is 19.2 Å². The predicted octanol–water partition coefficient (Wildman–Crippen LogP) is 3.22. The normalized spacial score (nSPS) is 10.3. The first-order valence-corrected chi connectivity index (χ1v) is 5.01. The van der Waals surface area contributed by atoms with Crippen LogP contribution >= 0.6 is 0 Å². The molecule has 0 radical (unpaired) electrons. The van der Waals surface area contributed by atoms with Crippen LogP contribution in [0.2, 0.25) is 0 Å². The van der Waals surface area contributed by atoms with E-state index in [0.717, 1.165) is 6.07 Å². The highest BCUT2D eigenvalue weighted by atomic mass is 19.1. The maximum Gasteiger partial charge on any atom is 0.134 e. The van der Waals surface area contributed by atoms with Gasteiger partial charge in [-0.1, -0.05) is 0 Å². The Morgan fingerprint density at radius 3 is 2.29 bits per heavy atom. The summed E-state index contributed by atoms with van der Waals surface area (Å²) in [6.07, 6.45) is 0. The molecule has 0 spiro atoms. The van der Waals surface area contributed by atoms with Crippen LogP contribution in [0.5, 0.6) is 5.75 Å². The Morgan fingerprint density at radius 1 is 1.00 bits per heavy atom. The Bertz CT molecular complexity index is 555. The molecular formula is C13H11F2NO. The van der Waals surface area contributed by atoms with Crippen molar-refractivity contribution in [2.45, 2.75) is 0 Å². The van der Waals surface area contributed by atoms with Crippen LogP contribution in [0.4, 0.5) is 14.5 Å². The molecule has 4 heteroatoms. The number of rotatable bonds is 2. The second kappa shape index (κ2) is 4.41. The molecule has 0 aliphatic rings. The highest BCUT2D eigenvalue weighted by Gasteiger charge is 2.09. The van der Waals surface area contributed by atoms with E-state index in [0.29, 0.717) is 17.0 Å². The molecule has 0 atom stereocenters. The minimum absolute atomic E-state index is 0.270. The lowest BCUT2D eigenvalue weighted by molar-refractivity contribution is 0.415. The van der Waals surface area contributed by atoms with E-state index in [-0.39, 0.29) is 5.56 Å². The van der Waals surface area contributed by atoms with Gasteiger partial charge in [-0.3, -0.25) is 0 Å². The third-order valence-corrected chi connectivity index (χ3v) is 2.48. The van der Waals surface area contributed by atoms with Crippen molar-refractivity contribution >= 4 is 5.69 Å². The van der Waals surface area contributed by atoms with Crippen LogP contribution in [-0.2, 0) is 0 Å². The van der Waals surface area contributed by atoms with E-state index >= 15 is 0 Å². The third kappa shape index (κ3) is 2.20. The molecular weight excluding hydrogens is 224 g/mol. The average molecular weight is 235 g/mol. The van der Waals surface area contributed by atoms with Crippen molar-refractivity contribution < 1.29 is 13.5 Å². The molecule has 0 unspecified atom stereocenters. The van der Waals surface area contributed by atoms with Gasteiger partial charge in [0, 0.05) is 28.9 Å². The maximum atomic E-state index is 13.6. The molecule has 0 amide bonds. The molecule has 0 saturated heterocycles. The fourth-order valence-corrected chi connectivity index (χ4v) is 1.62. The molecule has 0 aliphatic carbocycles. The SMILES string of the molecule is COc1ccc(-c2ccc(F)cc2F)c(N)c1. The van der Waals surface area contributed by atoms with Gasteiger partial charge >= 0.3 is 0 Å². The van der Waals surface area contributed by atoms with Crippen molar-refractivity contribution in [3.05, 3.63) is 48.0 Å². The number of halogens is 2. The van der Waals surface area contributed by atoms with Crippen molar-refractivity contribution in [2.24, 2.45) is 0 Å². The lowest BCUT2D eigenvalue weighted by Crippen LogP contribution is -1.94. The number of nitrogen functional groups attached to an aromatic ring is 1. The second-order valence-corrected chi connectivity index (χ2v) is 3.58. The van der Waals surface area contributed by atoms with Crippen molar-refractivity contribution in [2.75, 3.05) is 12.8 Å². The number of benzene rings is 2. The van der Waals surface area contributed by atoms with Crippen LogP contribution in [0.25, 0.3) is 11.1 Å². The molecule has 88 valence electrons. The van der Waals surface area contributed by atoms with Gasteiger partial charge in [-0.2, -0.15) is 0 Å². The molecule has 0 saturated carbocycles. The van der Waals surface area contributed by atoms with Crippen LogP contribution in [0, 0.1) is 11.6 Å². The molecule has 0 bridgehead atoms. The highest BCUT2D eigenvalue weighted by Crippen LogP contribution is 2.31. The van der Waals surface area contributed by atoms with Gasteiger partial charge in [0.1, 0.15) is 17.4 Å². The summed E-state index contributed by atoms with van der Waals surface area (Å²) < 4.78 is 31.4. The maximum absolute atomic E-state index is 13.6. The van der Waals surface area contributed by atoms with Crippen molar-refractivity contribution in [3.8, 4) is 16.9 Å². The molecule has 17 heavy (non-hydrogen) atoms. The zero-order valence-corrected chi connectivity index (χ0v) is 9.21. The van der Waals surface area contributed by atoms with Crippen LogP contribution in [0.1, 0.15) is 0 Å². The molecule has 2 aromatic carbocycles. The first-order chi connectivity index (χ1) is 8.11. The van der Waals surface area contributed by atoms with Crippen LogP contribution in [0.3, 0.4) is 0 Å². The summed E-state index contributed by atoms with van der Waals surface area (Å²) >= 11 is 0. The van der Waals surface area contributed by atoms with Gasteiger partial charge in [-0.25, -0.2) is 8.78 Å². The molecule has 2 aromatic rings. The molecule has 0 fully saturated rings. The monoisotopic (exact) mass is 235 g/mol. The van der Waals surface area contributed by atoms with Gasteiger partial charge in [0.15, 0.2) is 0 Å². The summed E-state index contributed by atoms with van der Waals surface area (Å²) in [4.78, 5) is 0. The molecule has 0 heterocycles. The second-order valence-electron chi connectivity index (χ2n) is 3.58. The third-order valence-electron chi connectivity index (χ3n) is 2.48. The first-order valence-electron chi connectivity index (χ1n) is 5.01. The molecule has 2 N–H and O–H groups in total. The van der Waals surface area contributed by atoms with E-state index < -0.39 is 11.6 Å². The van der Waals surface area contributed by atoms with E-state index in [4.69, 9.17) is 10.5 Å². The van der Waals surface area contributed by atoms with Gasteiger partial charge in [-0.05, 0) is 24.3 Å². The van der Waals surface area contributed by atoms with Crippen LogP contribution < -0.4 is 10.5 Å². The first kappa shape index (κ1) is 11.4. The molecule has 2 nitrogen and oxygen atoms in total. The minimum atomic E-state index is -0.637. The summed E-state index contributed by atoms with van der Waals surface area (Å²) in [5.41, 5.74) is 6.97. The Kier molecular flexibility index (Phi) is 2.95. The lowest BCUT2D eigenvalue weighted by Gasteiger charge is -2.09. The number of hydrogen-bond acceptors (Lipinski definition) is 2. The summed E-state index contributed by atoms with van der Waals surface area (Å²) in [6, 6.07) is 8.31. The van der Waals surface area contributed by atoms with E-state index in [2.05, 4.69) is 0 Å².